The second-order valence-electron chi connectivity index (χ2n) is 9.80. The predicted molar refractivity (Wildman–Crippen MR) is 152 cm³/mol. The average Bonchev–Trinajstić information content (AvgIpc) is 3.43. The Morgan fingerprint density at radius 1 is 0.974 bits per heavy atom. The quantitative estimate of drug-likeness (QED) is 0.307. The SMILES string of the molecule is COc1ccc([C@H]2CC(=O)C3=C(C2)Nc2ccc(C)cc2N(C(=O)c2ccccc2)[C@H]3c2cccs2)cc1. The standard InChI is InChI=1S/C32H28N2O3S/c1-20-10-15-25-27(17-20)34(32(36)22-7-4-3-5-8-22)31(29-9-6-16-38-29)30-26(33-25)18-23(19-28(30)35)21-11-13-24(37-2)14-12-21/h3-17,23,31,33H,18-19H2,1-2H3/t23-,31+/m1/s1. The number of rotatable bonds is 4. The minimum Gasteiger partial charge on any atom is -0.497 e. The topological polar surface area (TPSA) is 58.6 Å². The van der Waals surface area contributed by atoms with Crippen molar-refractivity contribution in [1.82, 2.24) is 0 Å². The zero-order chi connectivity index (χ0) is 26.2. The molecule has 1 aliphatic heterocycles. The number of nitrogens with zero attached hydrogens (tertiary/aromatic N) is 1. The molecule has 1 aliphatic carbocycles. The fourth-order valence-corrected chi connectivity index (χ4v) is 6.34. The number of methoxy groups -OCH3 is 1. The molecule has 2 atom stereocenters. The Morgan fingerprint density at radius 2 is 1.76 bits per heavy atom. The maximum absolute atomic E-state index is 14.2. The van der Waals surface area contributed by atoms with Crippen molar-refractivity contribution < 1.29 is 14.3 Å². The second-order valence-corrected chi connectivity index (χ2v) is 10.8. The summed E-state index contributed by atoms with van der Waals surface area (Å²) in [6.45, 7) is 2.02. The number of hydrogen-bond acceptors (Lipinski definition) is 5. The third-order valence-electron chi connectivity index (χ3n) is 7.38. The van der Waals surface area contributed by atoms with Crippen LogP contribution in [0.25, 0.3) is 0 Å². The van der Waals surface area contributed by atoms with E-state index in [1.165, 1.54) is 0 Å². The fraction of sp³-hybridized carbons (Fsp3) is 0.188. The van der Waals surface area contributed by atoms with Gasteiger partial charge in [0.2, 0.25) is 0 Å². The number of aryl methyl sites for hydroxylation is 1. The lowest BCUT2D eigenvalue weighted by molar-refractivity contribution is -0.116. The number of nitrogens with one attached hydrogen (secondary N) is 1. The van der Waals surface area contributed by atoms with Crippen molar-refractivity contribution in [3.05, 3.63) is 123 Å². The fourth-order valence-electron chi connectivity index (χ4n) is 5.52. The number of carbonyl (C=O) groups is 2. The first-order chi connectivity index (χ1) is 18.5. The molecule has 1 aromatic heterocycles. The van der Waals surface area contributed by atoms with E-state index >= 15 is 0 Å². The van der Waals surface area contributed by atoms with Crippen LogP contribution in [0.1, 0.15) is 51.2 Å². The summed E-state index contributed by atoms with van der Waals surface area (Å²) in [5, 5.41) is 5.62. The summed E-state index contributed by atoms with van der Waals surface area (Å²) in [6.07, 6.45) is 1.06. The van der Waals surface area contributed by atoms with Crippen LogP contribution in [-0.4, -0.2) is 18.8 Å². The van der Waals surface area contributed by atoms with Crippen molar-refractivity contribution in [1.29, 1.82) is 0 Å². The average molecular weight is 521 g/mol. The van der Waals surface area contributed by atoms with E-state index in [2.05, 4.69) is 5.32 Å². The maximum atomic E-state index is 14.2. The molecular weight excluding hydrogens is 492 g/mol. The zero-order valence-corrected chi connectivity index (χ0v) is 22.1. The number of thiophene rings is 1. The Labute approximate surface area is 226 Å². The Balaban J connectivity index is 1.52. The first kappa shape index (κ1) is 24.2. The number of benzene rings is 3. The van der Waals surface area contributed by atoms with Crippen molar-refractivity contribution in [2.75, 3.05) is 17.3 Å². The molecule has 1 amide bonds. The van der Waals surface area contributed by atoms with Gasteiger partial charge in [-0.3, -0.25) is 14.5 Å². The van der Waals surface area contributed by atoms with Crippen LogP contribution in [0.15, 0.2) is 102 Å². The van der Waals surface area contributed by atoms with Crippen molar-refractivity contribution >= 4 is 34.4 Å². The molecule has 0 radical (unpaired) electrons. The van der Waals surface area contributed by atoms with Crippen LogP contribution >= 0.6 is 11.3 Å². The van der Waals surface area contributed by atoms with Gasteiger partial charge in [-0.1, -0.05) is 42.5 Å². The molecule has 6 rings (SSSR count). The first-order valence-corrected chi connectivity index (χ1v) is 13.6. The lowest BCUT2D eigenvalue weighted by Gasteiger charge is -2.34. The monoisotopic (exact) mass is 520 g/mol. The van der Waals surface area contributed by atoms with Crippen molar-refractivity contribution in [3.8, 4) is 5.75 Å². The van der Waals surface area contributed by atoms with Gasteiger partial charge < -0.3 is 10.1 Å². The Kier molecular flexibility index (Phi) is 6.34. The van der Waals surface area contributed by atoms with Gasteiger partial charge in [0, 0.05) is 28.1 Å². The number of amides is 1. The Hall–Kier alpha value is -4.16. The molecule has 0 fully saturated rings. The molecule has 1 N–H and O–H groups in total. The summed E-state index contributed by atoms with van der Waals surface area (Å²) in [5.41, 5.74) is 5.90. The second kappa shape index (κ2) is 9.95. The molecule has 4 aromatic rings. The number of Topliss-reactive ketones (excluding diaryl/α,β-unsaturated/α-hetero) is 1. The number of hydrogen-bond donors (Lipinski definition) is 1. The highest BCUT2D eigenvalue weighted by Crippen LogP contribution is 2.49. The van der Waals surface area contributed by atoms with E-state index in [9.17, 15) is 9.59 Å². The third-order valence-corrected chi connectivity index (χ3v) is 8.30. The number of anilines is 2. The minimum atomic E-state index is -0.516. The third kappa shape index (κ3) is 4.31. The molecule has 38 heavy (non-hydrogen) atoms. The number of fused-ring (bicyclic) bond motifs is 1. The number of ketones is 1. The van der Waals surface area contributed by atoms with Crippen molar-refractivity contribution in [2.45, 2.75) is 31.7 Å². The van der Waals surface area contributed by atoms with Gasteiger partial charge in [0.15, 0.2) is 5.78 Å². The van der Waals surface area contributed by atoms with Crippen LogP contribution in [0.2, 0.25) is 0 Å². The van der Waals surface area contributed by atoms with E-state index in [0.29, 0.717) is 24.0 Å². The van der Waals surface area contributed by atoms with Gasteiger partial charge in [-0.15, -0.1) is 11.3 Å². The highest BCUT2D eigenvalue weighted by atomic mass is 32.1. The molecule has 6 heteroatoms. The predicted octanol–water partition coefficient (Wildman–Crippen LogP) is 7.28. The van der Waals surface area contributed by atoms with E-state index < -0.39 is 6.04 Å². The van der Waals surface area contributed by atoms with Gasteiger partial charge in [0.1, 0.15) is 11.8 Å². The normalized spacial score (nSPS) is 18.8. The van der Waals surface area contributed by atoms with Gasteiger partial charge in [-0.05, 0) is 78.2 Å². The lowest BCUT2D eigenvalue weighted by Crippen LogP contribution is -2.38. The van der Waals surface area contributed by atoms with E-state index in [1.807, 2.05) is 102 Å². The van der Waals surface area contributed by atoms with Gasteiger partial charge in [0.05, 0.1) is 18.5 Å². The van der Waals surface area contributed by atoms with Gasteiger partial charge in [-0.25, -0.2) is 0 Å². The van der Waals surface area contributed by atoms with Gasteiger partial charge in [0.25, 0.3) is 5.91 Å². The van der Waals surface area contributed by atoms with E-state index in [-0.39, 0.29) is 17.6 Å². The highest BCUT2D eigenvalue weighted by molar-refractivity contribution is 7.10. The summed E-state index contributed by atoms with van der Waals surface area (Å²) < 4.78 is 5.33. The molecule has 0 saturated heterocycles. The first-order valence-electron chi connectivity index (χ1n) is 12.7. The molecule has 0 bridgehead atoms. The van der Waals surface area contributed by atoms with E-state index in [1.54, 1.807) is 18.4 Å². The summed E-state index contributed by atoms with van der Waals surface area (Å²) in [7, 11) is 1.65. The zero-order valence-electron chi connectivity index (χ0n) is 21.3. The maximum Gasteiger partial charge on any atom is 0.259 e. The van der Waals surface area contributed by atoms with Crippen LogP contribution in [0, 0.1) is 6.92 Å². The van der Waals surface area contributed by atoms with Crippen LogP contribution in [0.4, 0.5) is 11.4 Å². The highest BCUT2D eigenvalue weighted by Gasteiger charge is 2.42. The molecule has 0 saturated carbocycles. The lowest BCUT2D eigenvalue weighted by atomic mass is 9.79. The number of allylic oxidation sites excluding steroid dienone is 1. The van der Waals surface area contributed by atoms with E-state index in [4.69, 9.17) is 4.74 Å². The molecule has 2 aliphatic rings. The number of carbonyl (C=O) groups excluding carboxylic acids is 2. The van der Waals surface area contributed by atoms with Gasteiger partial charge in [-0.2, -0.15) is 0 Å². The van der Waals surface area contributed by atoms with Crippen LogP contribution in [0.3, 0.4) is 0 Å². The van der Waals surface area contributed by atoms with E-state index in [0.717, 1.165) is 38.8 Å². The summed E-state index contributed by atoms with van der Waals surface area (Å²) in [6, 6.07) is 26.8. The molecule has 0 unspecified atom stereocenters. The molecular formula is C32H28N2O3S. The Morgan fingerprint density at radius 3 is 2.47 bits per heavy atom. The molecule has 3 aromatic carbocycles. The van der Waals surface area contributed by atoms with Crippen LogP contribution in [-0.2, 0) is 4.79 Å². The molecule has 190 valence electrons. The van der Waals surface area contributed by atoms with Crippen LogP contribution < -0.4 is 15.0 Å². The van der Waals surface area contributed by atoms with Gasteiger partial charge >= 0.3 is 0 Å². The molecule has 0 spiro atoms. The summed E-state index contributed by atoms with van der Waals surface area (Å²) in [4.78, 5) is 31.1. The molecule has 2 heterocycles. The summed E-state index contributed by atoms with van der Waals surface area (Å²) >= 11 is 1.57. The Bertz CT molecular complexity index is 1520. The summed E-state index contributed by atoms with van der Waals surface area (Å²) in [5.74, 6) is 0.763. The smallest absolute Gasteiger partial charge is 0.259 e. The number of ether oxygens (including phenoxy) is 1. The van der Waals surface area contributed by atoms with Crippen molar-refractivity contribution in [2.24, 2.45) is 0 Å². The van der Waals surface area contributed by atoms with Crippen LogP contribution in [0.5, 0.6) is 5.75 Å². The van der Waals surface area contributed by atoms with Crippen molar-refractivity contribution in [3.63, 3.8) is 0 Å². The largest absolute Gasteiger partial charge is 0.497 e. The molecule has 5 nitrogen and oxygen atoms in total. The minimum absolute atomic E-state index is 0.0360.